The number of hydrogen-bond acceptors (Lipinski definition) is 4. The third-order valence-electron chi connectivity index (χ3n) is 2.15. The molecule has 5 heteroatoms. The summed E-state index contributed by atoms with van der Waals surface area (Å²) in [6.07, 6.45) is -0.853. The molecular formula is C12H16O5. The molecule has 1 heterocycles. The lowest BCUT2D eigenvalue weighted by atomic mass is 10.1. The Balaban J connectivity index is 2.67. The summed E-state index contributed by atoms with van der Waals surface area (Å²) in [5.41, 5.74) is 0. The van der Waals surface area contributed by atoms with E-state index in [1.807, 2.05) is 13.8 Å². The fourth-order valence-corrected chi connectivity index (χ4v) is 1.36. The molecule has 0 unspecified atom stereocenters. The van der Waals surface area contributed by atoms with Crippen LogP contribution in [0.25, 0.3) is 0 Å². The van der Waals surface area contributed by atoms with Crippen LogP contribution in [-0.2, 0) is 9.53 Å². The minimum atomic E-state index is -1.14. The van der Waals surface area contributed by atoms with Gasteiger partial charge in [-0.1, -0.05) is 13.8 Å². The van der Waals surface area contributed by atoms with E-state index in [4.69, 9.17) is 14.3 Å². The number of esters is 1. The Hall–Kier alpha value is -1.78. The second-order valence-electron chi connectivity index (χ2n) is 4.27. The zero-order valence-electron chi connectivity index (χ0n) is 10.1. The summed E-state index contributed by atoms with van der Waals surface area (Å²) in [6, 6.07) is 3.08. The summed E-state index contributed by atoms with van der Waals surface area (Å²) >= 11 is 0. The molecule has 0 radical (unpaired) electrons. The molecule has 0 aliphatic heterocycles. The van der Waals surface area contributed by atoms with Crippen molar-refractivity contribution in [1.82, 2.24) is 0 Å². The molecule has 0 aliphatic rings. The first-order chi connectivity index (χ1) is 7.90. The molecule has 1 aromatic rings. The maximum absolute atomic E-state index is 11.6. The van der Waals surface area contributed by atoms with Crippen LogP contribution >= 0.6 is 0 Å². The maximum atomic E-state index is 11.6. The summed E-state index contributed by atoms with van der Waals surface area (Å²) < 4.78 is 9.95. The molecule has 5 nitrogen and oxygen atoms in total. The second kappa shape index (κ2) is 5.52. The minimum Gasteiger partial charge on any atom is -0.479 e. The van der Waals surface area contributed by atoms with Gasteiger partial charge in [-0.3, -0.25) is 0 Å². The van der Waals surface area contributed by atoms with Crippen molar-refractivity contribution in [3.8, 4) is 0 Å². The van der Waals surface area contributed by atoms with E-state index in [-0.39, 0.29) is 18.1 Å². The van der Waals surface area contributed by atoms with Crippen molar-refractivity contribution in [2.24, 2.45) is 5.92 Å². The quantitative estimate of drug-likeness (QED) is 0.799. The second-order valence-corrected chi connectivity index (χ2v) is 4.27. The Morgan fingerprint density at radius 1 is 1.41 bits per heavy atom. The van der Waals surface area contributed by atoms with E-state index < -0.39 is 18.0 Å². The van der Waals surface area contributed by atoms with Crippen molar-refractivity contribution in [3.63, 3.8) is 0 Å². The largest absolute Gasteiger partial charge is 0.479 e. The van der Waals surface area contributed by atoms with Crippen LogP contribution < -0.4 is 0 Å². The van der Waals surface area contributed by atoms with Crippen molar-refractivity contribution < 1.29 is 23.8 Å². The molecule has 0 saturated carbocycles. The third kappa shape index (κ3) is 3.94. The summed E-state index contributed by atoms with van der Waals surface area (Å²) in [5, 5.41) is 8.92. The third-order valence-corrected chi connectivity index (χ3v) is 2.15. The van der Waals surface area contributed by atoms with Crippen LogP contribution in [0.3, 0.4) is 0 Å². The van der Waals surface area contributed by atoms with Crippen molar-refractivity contribution in [2.45, 2.75) is 33.3 Å². The number of rotatable bonds is 5. The number of carbonyl (C=O) groups excluding carboxylic acids is 1. The Kier molecular flexibility index (Phi) is 4.31. The van der Waals surface area contributed by atoms with E-state index in [1.165, 1.54) is 6.07 Å². The van der Waals surface area contributed by atoms with Crippen LogP contribution in [-0.4, -0.2) is 23.1 Å². The first kappa shape index (κ1) is 13.3. The van der Waals surface area contributed by atoms with Gasteiger partial charge in [0.25, 0.3) is 0 Å². The van der Waals surface area contributed by atoms with Gasteiger partial charge in [0.1, 0.15) is 5.76 Å². The zero-order valence-corrected chi connectivity index (χ0v) is 10.1. The molecule has 0 aromatic carbocycles. The molecule has 0 fully saturated rings. The number of carbonyl (C=O) groups is 2. The van der Waals surface area contributed by atoms with Gasteiger partial charge in [0.05, 0.1) is 0 Å². The van der Waals surface area contributed by atoms with E-state index in [2.05, 4.69) is 0 Å². The molecule has 0 aliphatic carbocycles. The van der Waals surface area contributed by atoms with Gasteiger partial charge in [0.2, 0.25) is 5.76 Å². The predicted molar refractivity (Wildman–Crippen MR) is 59.7 cm³/mol. The van der Waals surface area contributed by atoms with Crippen molar-refractivity contribution in [3.05, 3.63) is 23.7 Å². The molecule has 0 saturated heterocycles. The number of aliphatic carboxylic acids is 1. The molecule has 1 rings (SSSR count). The van der Waals surface area contributed by atoms with Crippen molar-refractivity contribution in [2.75, 3.05) is 0 Å². The molecule has 1 N–H and O–H groups in total. The van der Waals surface area contributed by atoms with Gasteiger partial charge in [-0.05, 0) is 31.4 Å². The molecule has 0 bridgehead atoms. The summed E-state index contributed by atoms with van der Waals surface area (Å²) in [4.78, 5) is 22.5. The highest BCUT2D eigenvalue weighted by Crippen LogP contribution is 2.13. The van der Waals surface area contributed by atoms with Crippen LogP contribution in [0.5, 0.6) is 0 Å². The van der Waals surface area contributed by atoms with Crippen LogP contribution in [0.1, 0.15) is 36.6 Å². The van der Waals surface area contributed by atoms with Gasteiger partial charge in [-0.25, -0.2) is 9.59 Å². The lowest BCUT2D eigenvalue weighted by Crippen LogP contribution is -2.28. The van der Waals surface area contributed by atoms with E-state index in [1.54, 1.807) is 13.0 Å². The Morgan fingerprint density at radius 2 is 2.06 bits per heavy atom. The number of carboxylic acids is 1. The number of aryl methyl sites for hydroxylation is 1. The summed E-state index contributed by atoms with van der Waals surface area (Å²) in [7, 11) is 0. The number of hydrogen-bond donors (Lipinski definition) is 1. The predicted octanol–water partition coefficient (Wildman–Crippen LogP) is 2.24. The van der Waals surface area contributed by atoms with Crippen molar-refractivity contribution in [1.29, 1.82) is 0 Å². The number of furan rings is 1. The van der Waals surface area contributed by atoms with Crippen molar-refractivity contribution >= 4 is 11.9 Å². The first-order valence-electron chi connectivity index (χ1n) is 5.40. The summed E-state index contributed by atoms with van der Waals surface area (Å²) in [6.45, 7) is 5.42. The van der Waals surface area contributed by atoms with E-state index in [0.29, 0.717) is 5.76 Å². The average Bonchev–Trinajstić information content (AvgIpc) is 2.63. The SMILES string of the molecule is Cc1ccc(C(=O)O[C@H](CC(C)C)C(=O)O)o1. The van der Waals surface area contributed by atoms with E-state index in [0.717, 1.165) is 0 Å². The number of carboxylic acid groups (broad SMARTS) is 1. The smallest absolute Gasteiger partial charge is 0.375 e. The molecule has 1 aromatic heterocycles. The Labute approximate surface area is 99.4 Å². The highest BCUT2D eigenvalue weighted by molar-refractivity contribution is 5.88. The highest BCUT2D eigenvalue weighted by atomic mass is 16.6. The van der Waals surface area contributed by atoms with Gasteiger partial charge in [0.15, 0.2) is 6.10 Å². The Morgan fingerprint density at radius 3 is 2.47 bits per heavy atom. The van der Waals surface area contributed by atoms with E-state index in [9.17, 15) is 9.59 Å². The number of ether oxygens (including phenoxy) is 1. The monoisotopic (exact) mass is 240 g/mol. The average molecular weight is 240 g/mol. The topological polar surface area (TPSA) is 76.7 Å². The van der Waals surface area contributed by atoms with Gasteiger partial charge in [0, 0.05) is 0 Å². The van der Waals surface area contributed by atoms with E-state index >= 15 is 0 Å². The maximum Gasteiger partial charge on any atom is 0.375 e. The zero-order chi connectivity index (χ0) is 13.0. The molecule has 17 heavy (non-hydrogen) atoms. The standard InChI is InChI=1S/C12H16O5/c1-7(2)6-10(11(13)14)17-12(15)9-5-4-8(3)16-9/h4-5,7,10H,6H2,1-3H3,(H,13,14)/t10-/m1/s1. The summed E-state index contributed by atoms with van der Waals surface area (Å²) in [5.74, 6) is -1.16. The Bertz CT molecular complexity index is 405. The van der Waals surface area contributed by atoms with Gasteiger partial charge >= 0.3 is 11.9 Å². The fraction of sp³-hybridized carbons (Fsp3) is 0.500. The molecule has 0 spiro atoms. The molecular weight excluding hydrogens is 224 g/mol. The normalized spacial score (nSPS) is 12.5. The van der Waals surface area contributed by atoms with Gasteiger partial charge in [-0.15, -0.1) is 0 Å². The van der Waals surface area contributed by atoms with Gasteiger partial charge in [-0.2, -0.15) is 0 Å². The fourth-order valence-electron chi connectivity index (χ4n) is 1.36. The van der Waals surface area contributed by atoms with Crippen LogP contribution in [0, 0.1) is 12.8 Å². The van der Waals surface area contributed by atoms with Gasteiger partial charge < -0.3 is 14.3 Å². The first-order valence-corrected chi connectivity index (χ1v) is 5.40. The molecule has 94 valence electrons. The molecule has 0 amide bonds. The highest BCUT2D eigenvalue weighted by Gasteiger charge is 2.25. The lowest BCUT2D eigenvalue weighted by Gasteiger charge is -2.14. The van der Waals surface area contributed by atoms with Crippen LogP contribution in [0.15, 0.2) is 16.5 Å². The van der Waals surface area contributed by atoms with Crippen LogP contribution in [0.2, 0.25) is 0 Å². The minimum absolute atomic E-state index is 0.0255. The lowest BCUT2D eigenvalue weighted by molar-refractivity contribution is -0.148. The molecule has 1 atom stereocenters. The van der Waals surface area contributed by atoms with Crippen LogP contribution in [0.4, 0.5) is 0 Å².